The molecule has 4 unspecified atom stereocenters. The van der Waals surface area contributed by atoms with Gasteiger partial charge in [-0.15, -0.1) is 0 Å². The van der Waals surface area contributed by atoms with Crippen LogP contribution < -0.4 is 10.2 Å². The van der Waals surface area contributed by atoms with Crippen LogP contribution in [0.15, 0.2) is 18.6 Å². The van der Waals surface area contributed by atoms with Crippen molar-refractivity contribution in [3.63, 3.8) is 0 Å². The number of hydrogen-bond donors (Lipinski definition) is 2. The van der Waals surface area contributed by atoms with E-state index < -0.39 is 5.37 Å². The highest BCUT2D eigenvalue weighted by atomic mass is 32.2. The van der Waals surface area contributed by atoms with Crippen LogP contribution in [0.25, 0.3) is 11.0 Å². The summed E-state index contributed by atoms with van der Waals surface area (Å²) in [6.07, 6.45) is 4.52. The fourth-order valence-electron chi connectivity index (χ4n) is 3.87. The molecule has 2 N–H and O–H groups in total. The maximum absolute atomic E-state index is 11.0. The Morgan fingerprint density at radius 1 is 1.46 bits per heavy atom. The number of likely N-dealkylation sites (tertiary alicyclic amines) is 1. The molecule has 2 aromatic rings. The van der Waals surface area contributed by atoms with Gasteiger partial charge in [-0.05, 0) is 30.2 Å². The molecule has 10 heteroatoms. The monoisotopic (exact) mass is 377 g/mol. The summed E-state index contributed by atoms with van der Waals surface area (Å²) in [4.78, 5) is 27.3. The second-order valence-electron chi connectivity index (χ2n) is 7.01. The summed E-state index contributed by atoms with van der Waals surface area (Å²) in [6.45, 7) is 4.49. The van der Waals surface area contributed by atoms with Crippen LogP contribution in [0, 0.1) is 16.0 Å². The number of fused-ring (bicyclic) bond motifs is 1. The zero-order valence-corrected chi connectivity index (χ0v) is 15.6. The molecule has 0 amide bonds. The fraction of sp³-hybridized carbons (Fsp3) is 0.625. The number of piperidine rings is 1. The number of nitrogens with zero attached hydrogens (tertiary/aromatic N) is 5. The molecule has 0 radical (unpaired) electrons. The maximum atomic E-state index is 11.0. The van der Waals surface area contributed by atoms with Gasteiger partial charge in [0.25, 0.3) is 5.37 Å². The molecule has 2 fully saturated rings. The van der Waals surface area contributed by atoms with Gasteiger partial charge in [-0.25, -0.2) is 9.97 Å². The van der Waals surface area contributed by atoms with Crippen molar-refractivity contribution in [3.05, 3.63) is 28.7 Å². The van der Waals surface area contributed by atoms with Crippen LogP contribution in [0.5, 0.6) is 0 Å². The van der Waals surface area contributed by atoms with Crippen LogP contribution in [-0.2, 0) is 0 Å². The first-order chi connectivity index (χ1) is 12.5. The summed E-state index contributed by atoms with van der Waals surface area (Å²) in [7, 11) is 2.08. The van der Waals surface area contributed by atoms with Gasteiger partial charge in [0.1, 0.15) is 23.3 Å². The maximum Gasteiger partial charge on any atom is 0.273 e. The number of rotatable bonds is 4. The van der Waals surface area contributed by atoms with E-state index in [2.05, 4.69) is 44.0 Å². The summed E-state index contributed by atoms with van der Waals surface area (Å²) < 4.78 is 0. The summed E-state index contributed by atoms with van der Waals surface area (Å²) in [5, 5.41) is 14.8. The normalized spacial score (nSPS) is 29.9. The minimum atomic E-state index is -0.558. The average Bonchev–Trinajstić information content (AvgIpc) is 3.30. The van der Waals surface area contributed by atoms with Gasteiger partial charge in [0.15, 0.2) is 0 Å². The van der Waals surface area contributed by atoms with Crippen molar-refractivity contribution in [2.24, 2.45) is 5.92 Å². The average molecular weight is 377 g/mol. The van der Waals surface area contributed by atoms with E-state index in [1.165, 1.54) is 11.8 Å². The molecular formula is C16H23N7O2S. The zero-order chi connectivity index (χ0) is 18.3. The Morgan fingerprint density at radius 3 is 3.08 bits per heavy atom. The second kappa shape index (κ2) is 7.01. The van der Waals surface area contributed by atoms with Crippen LogP contribution in [0.4, 0.5) is 5.82 Å². The van der Waals surface area contributed by atoms with E-state index in [0.717, 1.165) is 36.4 Å². The molecule has 0 spiro atoms. The molecular weight excluding hydrogens is 354 g/mol. The van der Waals surface area contributed by atoms with Gasteiger partial charge in [0.05, 0.1) is 11.9 Å². The first-order valence-corrected chi connectivity index (χ1v) is 9.76. The standard InChI is InChI=1S/C16H23N7O2S/c1-10-4-6-22(16-18-7-13(26-16)23(24)25)8-12(10)21(2)15-11-3-5-17-14(11)19-9-20-15/h3,5,9-10,12-13,16,18H,4,6-8H2,1-2H3,(H,17,19,20). The van der Waals surface area contributed by atoms with Crippen molar-refractivity contribution in [1.29, 1.82) is 0 Å². The molecule has 2 aliphatic heterocycles. The Kier molecular flexibility index (Phi) is 4.72. The molecule has 0 aliphatic carbocycles. The van der Waals surface area contributed by atoms with Gasteiger partial charge >= 0.3 is 0 Å². The Labute approximate surface area is 155 Å². The quantitative estimate of drug-likeness (QED) is 0.608. The lowest BCUT2D eigenvalue weighted by Gasteiger charge is -2.43. The van der Waals surface area contributed by atoms with E-state index in [9.17, 15) is 10.1 Å². The predicted molar refractivity (Wildman–Crippen MR) is 102 cm³/mol. The molecule has 0 aromatic carbocycles. The van der Waals surface area contributed by atoms with Gasteiger partial charge in [-0.1, -0.05) is 6.92 Å². The molecule has 0 saturated carbocycles. The molecule has 4 rings (SSSR count). The Morgan fingerprint density at radius 2 is 2.31 bits per heavy atom. The third kappa shape index (κ3) is 3.12. The topological polar surface area (TPSA) is 103 Å². The van der Waals surface area contributed by atoms with E-state index in [0.29, 0.717) is 12.5 Å². The van der Waals surface area contributed by atoms with E-state index in [1.807, 2.05) is 12.3 Å². The lowest BCUT2D eigenvalue weighted by atomic mass is 9.92. The minimum Gasteiger partial charge on any atom is -0.354 e. The molecule has 4 atom stereocenters. The summed E-state index contributed by atoms with van der Waals surface area (Å²) in [6, 6.07) is 2.29. The number of nitro groups is 1. The van der Waals surface area contributed by atoms with Crippen LogP contribution in [-0.4, -0.2) is 68.4 Å². The highest BCUT2D eigenvalue weighted by Crippen LogP contribution is 2.32. The number of H-pyrrole nitrogens is 1. The summed E-state index contributed by atoms with van der Waals surface area (Å²) in [5.74, 6) is 1.43. The SMILES string of the molecule is CC1CCN(C2NCC([N+](=O)[O-])S2)CC1N(C)c1ncnc2[nH]ccc12. The highest BCUT2D eigenvalue weighted by molar-refractivity contribution is 8.00. The van der Waals surface area contributed by atoms with Gasteiger partial charge in [0.2, 0.25) is 0 Å². The molecule has 2 aromatic heterocycles. The number of hydrogen-bond acceptors (Lipinski definition) is 8. The third-order valence-corrected chi connectivity index (χ3v) is 6.81. The van der Waals surface area contributed by atoms with E-state index in [1.54, 1.807) is 6.33 Å². The zero-order valence-electron chi connectivity index (χ0n) is 14.8. The van der Waals surface area contributed by atoms with E-state index in [4.69, 9.17) is 0 Å². The molecule has 0 bridgehead atoms. The van der Waals surface area contributed by atoms with Crippen molar-refractivity contribution in [3.8, 4) is 0 Å². The first kappa shape index (κ1) is 17.5. The van der Waals surface area contributed by atoms with E-state index >= 15 is 0 Å². The van der Waals surface area contributed by atoms with Crippen molar-refractivity contribution < 1.29 is 4.92 Å². The van der Waals surface area contributed by atoms with Crippen LogP contribution in [0.2, 0.25) is 0 Å². The minimum absolute atomic E-state index is 0.00600. The molecule has 140 valence electrons. The summed E-state index contributed by atoms with van der Waals surface area (Å²) in [5.41, 5.74) is 0.843. The Bertz CT molecular complexity index is 800. The lowest BCUT2D eigenvalue weighted by molar-refractivity contribution is -0.491. The Balaban J connectivity index is 1.52. The number of likely N-dealkylation sites (N-methyl/N-ethyl adjacent to an activating group) is 1. The first-order valence-electron chi connectivity index (χ1n) is 8.82. The van der Waals surface area contributed by atoms with Gasteiger partial charge < -0.3 is 9.88 Å². The number of thioether (sulfide) groups is 1. The van der Waals surface area contributed by atoms with E-state index in [-0.39, 0.29) is 16.5 Å². The molecule has 26 heavy (non-hydrogen) atoms. The smallest absolute Gasteiger partial charge is 0.273 e. The van der Waals surface area contributed by atoms with Crippen molar-refractivity contribution in [2.75, 3.05) is 31.6 Å². The largest absolute Gasteiger partial charge is 0.354 e. The molecule has 4 heterocycles. The van der Waals surface area contributed by atoms with Crippen LogP contribution in [0.3, 0.4) is 0 Å². The summed E-state index contributed by atoms with van der Waals surface area (Å²) >= 11 is 1.41. The van der Waals surface area contributed by atoms with Gasteiger partial charge in [0, 0.05) is 37.3 Å². The predicted octanol–water partition coefficient (Wildman–Crippen LogP) is 1.33. The number of aromatic amines is 1. The van der Waals surface area contributed by atoms with Crippen molar-refractivity contribution >= 4 is 28.6 Å². The second-order valence-corrected chi connectivity index (χ2v) is 8.28. The molecule has 2 aliphatic rings. The van der Waals surface area contributed by atoms with Gasteiger partial charge in [-0.3, -0.25) is 20.3 Å². The van der Waals surface area contributed by atoms with Crippen LogP contribution in [0.1, 0.15) is 13.3 Å². The Hall–Kier alpha value is -1.91. The highest BCUT2D eigenvalue weighted by Gasteiger charge is 2.40. The third-order valence-electron chi connectivity index (χ3n) is 5.43. The number of nitrogens with one attached hydrogen (secondary N) is 2. The number of aromatic nitrogens is 3. The molecule has 9 nitrogen and oxygen atoms in total. The van der Waals surface area contributed by atoms with Crippen LogP contribution >= 0.6 is 11.8 Å². The van der Waals surface area contributed by atoms with Crippen molar-refractivity contribution in [2.45, 2.75) is 30.3 Å². The molecule has 2 saturated heterocycles. The lowest BCUT2D eigenvalue weighted by Crippen LogP contribution is -2.55. The number of anilines is 1. The fourth-order valence-corrected chi connectivity index (χ4v) is 5.02. The van der Waals surface area contributed by atoms with Gasteiger partial charge in [-0.2, -0.15) is 0 Å². The van der Waals surface area contributed by atoms with Crippen molar-refractivity contribution in [1.82, 2.24) is 25.2 Å².